The average molecular weight is 295 g/mol. The van der Waals surface area contributed by atoms with Crippen molar-refractivity contribution in [2.24, 2.45) is 0 Å². The predicted octanol–water partition coefficient (Wildman–Crippen LogP) is 3.90. The number of pyridine rings is 1. The summed E-state index contributed by atoms with van der Waals surface area (Å²) in [5.74, 6) is 0. The lowest BCUT2D eigenvalue weighted by Crippen LogP contribution is -2.06. The first-order chi connectivity index (χ1) is 10.3. The Morgan fingerprint density at radius 3 is 2.67 bits per heavy atom. The van der Waals surface area contributed by atoms with E-state index in [1.807, 2.05) is 31.6 Å². The summed E-state index contributed by atoms with van der Waals surface area (Å²) < 4.78 is 0. The summed E-state index contributed by atoms with van der Waals surface area (Å²) in [6.07, 6.45) is 3.71. The normalized spacial score (nSPS) is 10.8. The maximum Gasteiger partial charge on any atom is 0.126 e. The summed E-state index contributed by atoms with van der Waals surface area (Å²) in [4.78, 5) is 10.3. The third kappa shape index (κ3) is 2.86. The molecule has 21 heavy (non-hydrogen) atoms. The molecule has 0 fully saturated rings. The maximum absolute atomic E-state index is 4.82. The van der Waals surface area contributed by atoms with Gasteiger partial charge in [-0.1, -0.05) is 30.3 Å². The van der Waals surface area contributed by atoms with Crippen molar-refractivity contribution < 1.29 is 0 Å². The number of nitrogens with one attached hydrogen (secondary N) is 1. The SMILES string of the molecule is CNCc1nc(-c2cnccc2C)sc1-c1ccccc1. The van der Waals surface area contributed by atoms with Gasteiger partial charge in [-0.25, -0.2) is 4.98 Å². The van der Waals surface area contributed by atoms with Gasteiger partial charge in [-0.05, 0) is 31.2 Å². The van der Waals surface area contributed by atoms with Gasteiger partial charge in [0.05, 0.1) is 10.6 Å². The van der Waals surface area contributed by atoms with Crippen LogP contribution in [0, 0.1) is 6.92 Å². The van der Waals surface area contributed by atoms with Crippen LogP contribution in [0.3, 0.4) is 0 Å². The molecule has 0 spiro atoms. The quantitative estimate of drug-likeness (QED) is 0.793. The topological polar surface area (TPSA) is 37.8 Å². The molecule has 1 N–H and O–H groups in total. The molecule has 3 aromatic rings. The molecule has 0 saturated heterocycles. The molecule has 3 nitrogen and oxygen atoms in total. The standard InChI is InChI=1S/C17H17N3S/c1-12-8-9-19-10-14(12)17-20-15(11-18-2)16(21-17)13-6-4-3-5-7-13/h3-10,18H,11H2,1-2H3. The van der Waals surface area contributed by atoms with Gasteiger partial charge < -0.3 is 5.32 Å². The fourth-order valence-electron chi connectivity index (χ4n) is 2.26. The van der Waals surface area contributed by atoms with Crippen molar-refractivity contribution in [3.05, 3.63) is 60.0 Å². The van der Waals surface area contributed by atoms with Gasteiger partial charge in [-0.2, -0.15) is 0 Å². The average Bonchev–Trinajstić information content (AvgIpc) is 2.93. The number of aromatic nitrogens is 2. The first-order valence-electron chi connectivity index (χ1n) is 6.90. The summed E-state index contributed by atoms with van der Waals surface area (Å²) in [6.45, 7) is 2.86. The van der Waals surface area contributed by atoms with E-state index in [0.717, 1.165) is 22.8 Å². The molecule has 0 aliphatic rings. The smallest absolute Gasteiger partial charge is 0.126 e. The van der Waals surface area contributed by atoms with Crippen LogP contribution in [0.1, 0.15) is 11.3 Å². The Balaban J connectivity index is 2.11. The zero-order chi connectivity index (χ0) is 14.7. The largest absolute Gasteiger partial charge is 0.314 e. The molecule has 0 aliphatic carbocycles. The van der Waals surface area contributed by atoms with E-state index in [1.165, 1.54) is 16.0 Å². The first kappa shape index (κ1) is 13.9. The minimum Gasteiger partial charge on any atom is -0.314 e. The lowest BCUT2D eigenvalue weighted by molar-refractivity contribution is 0.799. The van der Waals surface area contributed by atoms with Crippen molar-refractivity contribution in [2.75, 3.05) is 7.05 Å². The van der Waals surface area contributed by atoms with Crippen LogP contribution in [0.4, 0.5) is 0 Å². The number of aryl methyl sites for hydroxylation is 1. The summed E-state index contributed by atoms with van der Waals surface area (Å²) in [5, 5.41) is 4.23. The van der Waals surface area contributed by atoms with Crippen LogP contribution in [0.5, 0.6) is 0 Å². The molecule has 0 radical (unpaired) electrons. The highest BCUT2D eigenvalue weighted by Gasteiger charge is 2.14. The highest BCUT2D eigenvalue weighted by Crippen LogP contribution is 2.36. The molecular formula is C17H17N3S. The van der Waals surface area contributed by atoms with Crippen LogP contribution in [-0.2, 0) is 6.54 Å². The minimum absolute atomic E-state index is 0.764. The Hall–Kier alpha value is -2.04. The van der Waals surface area contributed by atoms with Gasteiger partial charge in [0.1, 0.15) is 5.01 Å². The molecule has 2 heterocycles. The number of hydrogen-bond donors (Lipinski definition) is 1. The zero-order valence-electron chi connectivity index (χ0n) is 12.1. The summed E-state index contributed by atoms with van der Waals surface area (Å²) in [5.41, 5.74) is 4.62. The molecule has 2 aromatic heterocycles. The van der Waals surface area contributed by atoms with Crippen molar-refractivity contribution in [2.45, 2.75) is 13.5 Å². The van der Waals surface area contributed by atoms with Crippen molar-refractivity contribution in [1.82, 2.24) is 15.3 Å². The van der Waals surface area contributed by atoms with Gasteiger partial charge in [0.15, 0.2) is 0 Å². The van der Waals surface area contributed by atoms with E-state index < -0.39 is 0 Å². The van der Waals surface area contributed by atoms with Gasteiger partial charge in [0, 0.05) is 24.5 Å². The molecule has 106 valence electrons. The molecule has 1 aromatic carbocycles. The Kier molecular flexibility index (Phi) is 4.08. The molecule has 0 aliphatic heterocycles. The van der Waals surface area contributed by atoms with E-state index in [2.05, 4.69) is 41.5 Å². The van der Waals surface area contributed by atoms with E-state index in [4.69, 9.17) is 4.98 Å². The second-order valence-corrected chi connectivity index (χ2v) is 5.88. The number of hydrogen-bond acceptors (Lipinski definition) is 4. The van der Waals surface area contributed by atoms with E-state index in [9.17, 15) is 0 Å². The van der Waals surface area contributed by atoms with Gasteiger partial charge >= 0.3 is 0 Å². The molecule has 0 unspecified atom stereocenters. The van der Waals surface area contributed by atoms with E-state index in [-0.39, 0.29) is 0 Å². The minimum atomic E-state index is 0.764. The second kappa shape index (κ2) is 6.16. The van der Waals surface area contributed by atoms with Gasteiger partial charge in [-0.15, -0.1) is 11.3 Å². The highest BCUT2D eigenvalue weighted by atomic mass is 32.1. The van der Waals surface area contributed by atoms with Crippen molar-refractivity contribution in [3.8, 4) is 21.0 Å². The third-order valence-electron chi connectivity index (χ3n) is 3.35. The van der Waals surface area contributed by atoms with Gasteiger partial charge in [0.2, 0.25) is 0 Å². The van der Waals surface area contributed by atoms with Crippen molar-refractivity contribution >= 4 is 11.3 Å². The third-order valence-corrected chi connectivity index (χ3v) is 4.53. The van der Waals surface area contributed by atoms with Crippen LogP contribution >= 0.6 is 11.3 Å². The lowest BCUT2D eigenvalue weighted by atomic mass is 10.1. The molecular weight excluding hydrogens is 278 g/mol. The predicted molar refractivity (Wildman–Crippen MR) is 88.3 cm³/mol. The van der Waals surface area contributed by atoms with E-state index in [0.29, 0.717) is 0 Å². The van der Waals surface area contributed by atoms with Crippen molar-refractivity contribution in [1.29, 1.82) is 0 Å². The van der Waals surface area contributed by atoms with E-state index >= 15 is 0 Å². The lowest BCUT2D eigenvalue weighted by Gasteiger charge is -2.00. The Bertz CT molecular complexity index is 735. The van der Waals surface area contributed by atoms with Gasteiger partial charge in [-0.3, -0.25) is 4.98 Å². The molecule has 4 heteroatoms. The van der Waals surface area contributed by atoms with Crippen molar-refractivity contribution in [3.63, 3.8) is 0 Å². The molecule has 0 bridgehead atoms. The van der Waals surface area contributed by atoms with Crippen LogP contribution in [-0.4, -0.2) is 17.0 Å². The molecule has 0 atom stereocenters. The fraction of sp³-hybridized carbons (Fsp3) is 0.176. The van der Waals surface area contributed by atoms with Gasteiger partial charge in [0.25, 0.3) is 0 Å². The molecule has 0 amide bonds. The van der Waals surface area contributed by atoms with Crippen LogP contribution in [0.2, 0.25) is 0 Å². The Morgan fingerprint density at radius 1 is 1.14 bits per heavy atom. The number of rotatable bonds is 4. The number of nitrogens with zero attached hydrogens (tertiary/aromatic N) is 2. The zero-order valence-corrected chi connectivity index (χ0v) is 12.9. The van der Waals surface area contributed by atoms with Crippen LogP contribution in [0.25, 0.3) is 21.0 Å². The van der Waals surface area contributed by atoms with E-state index in [1.54, 1.807) is 11.3 Å². The van der Waals surface area contributed by atoms with Crippen LogP contribution in [0.15, 0.2) is 48.8 Å². The maximum atomic E-state index is 4.82. The molecule has 3 rings (SSSR count). The second-order valence-electron chi connectivity index (χ2n) is 4.88. The first-order valence-corrected chi connectivity index (χ1v) is 7.72. The molecule has 0 saturated carbocycles. The van der Waals surface area contributed by atoms with Crippen LogP contribution < -0.4 is 5.32 Å². The highest BCUT2D eigenvalue weighted by molar-refractivity contribution is 7.18. The summed E-state index contributed by atoms with van der Waals surface area (Å²) in [7, 11) is 1.95. The monoisotopic (exact) mass is 295 g/mol. The number of thiazole rings is 1. The number of benzene rings is 1. The fourth-order valence-corrected chi connectivity index (χ4v) is 3.42. The Morgan fingerprint density at radius 2 is 1.95 bits per heavy atom. The Labute approximate surface area is 128 Å². The summed E-state index contributed by atoms with van der Waals surface area (Å²) >= 11 is 1.73. The summed E-state index contributed by atoms with van der Waals surface area (Å²) in [6, 6.07) is 12.4.